The summed E-state index contributed by atoms with van der Waals surface area (Å²) in [5.41, 5.74) is -1.59. The highest BCUT2D eigenvalue weighted by atomic mass is 19.4. The number of hydrogen-bond donors (Lipinski definition) is 1. The molecule has 2 amide bonds. The minimum Gasteiger partial charge on any atom is -0.328 e. The lowest BCUT2D eigenvalue weighted by atomic mass is 9.85. The number of rotatable bonds is 3. The van der Waals surface area contributed by atoms with Crippen molar-refractivity contribution < 1.29 is 27.2 Å². The van der Waals surface area contributed by atoms with E-state index in [0.717, 1.165) is 23.1 Å². The summed E-state index contributed by atoms with van der Waals surface area (Å²) in [6.07, 6.45) is -4.33. The Morgan fingerprint density at radius 2 is 2.03 bits per heavy atom. The highest BCUT2D eigenvalue weighted by Gasteiger charge is 2.61. The number of pyridine rings is 1. The van der Waals surface area contributed by atoms with Gasteiger partial charge in [0.25, 0.3) is 5.91 Å². The average Bonchev–Trinajstić information content (AvgIpc) is 3.16. The third-order valence-corrected chi connectivity index (χ3v) is 5.68. The first-order chi connectivity index (χ1) is 14.7. The molecule has 31 heavy (non-hydrogen) atoms. The molecule has 160 valence electrons. The molecule has 1 saturated carbocycles. The van der Waals surface area contributed by atoms with Gasteiger partial charge in [0.2, 0.25) is 11.9 Å². The molecule has 5 rings (SSSR count). The Kier molecular flexibility index (Phi) is 4.08. The second kappa shape index (κ2) is 6.50. The van der Waals surface area contributed by atoms with Gasteiger partial charge in [0.15, 0.2) is 5.65 Å². The second-order valence-electron chi connectivity index (χ2n) is 7.73. The molecule has 2 aliphatic rings. The fourth-order valence-electron chi connectivity index (χ4n) is 4.04. The number of halogens is 4. The first kappa shape index (κ1) is 19.5. The predicted octanol–water partition coefficient (Wildman–Crippen LogP) is 2.82. The van der Waals surface area contributed by atoms with Gasteiger partial charge in [0, 0.05) is 23.7 Å². The molecule has 3 heterocycles. The van der Waals surface area contributed by atoms with E-state index in [1.165, 1.54) is 4.52 Å². The second-order valence-corrected chi connectivity index (χ2v) is 7.73. The maximum absolute atomic E-state index is 14.3. The number of carbonyl (C=O) groups is 2. The molecule has 1 aliphatic heterocycles. The number of carbonyl (C=O) groups excluding carboxylic acids is 2. The van der Waals surface area contributed by atoms with Gasteiger partial charge in [-0.05, 0) is 42.3 Å². The van der Waals surface area contributed by atoms with E-state index >= 15 is 0 Å². The van der Waals surface area contributed by atoms with Gasteiger partial charge in [-0.1, -0.05) is 6.07 Å². The van der Waals surface area contributed by atoms with E-state index in [9.17, 15) is 27.2 Å². The molecular formula is C20H15F4N5O2. The zero-order chi connectivity index (χ0) is 22.0. The molecule has 0 unspecified atom stereocenters. The number of amides is 2. The Morgan fingerprint density at radius 3 is 2.71 bits per heavy atom. The van der Waals surface area contributed by atoms with Gasteiger partial charge in [-0.25, -0.2) is 8.91 Å². The summed E-state index contributed by atoms with van der Waals surface area (Å²) in [7, 11) is 0. The van der Waals surface area contributed by atoms with E-state index in [-0.39, 0.29) is 30.0 Å². The van der Waals surface area contributed by atoms with Gasteiger partial charge in [0.05, 0.1) is 5.56 Å². The van der Waals surface area contributed by atoms with E-state index in [1.54, 1.807) is 24.4 Å². The lowest BCUT2D eigenvalue weighted by Gasteiger charge is -2.34. The molecule has 1 fully saturated rings. The number of nitrogens with zero attached hydrogens (tertiary/aromatic N) is 4. The maximum Gasteiger partial charge on any atom is 0.416 e. The Labute approximate surface area is 172 Å². The summed E-state index contributed by atoms with van der Waals surface area (Å²) in [6, 6.07) is 7.90. The van der Waals surface area contributed by atoms with Crippen LogP contribution in [0.2, 0.25) is 0 Å². The fourth-order valence-corrected chi connectivity index (χ4v) is 4.04. The highest BCUT2D eigenvalue weighted by molar-refractivity contribution is 6.01. The van der Waals surface area contributed by atoms with Crippen molar-refractivity contribution in [1.29, 1.82) is 0 Å². The van der Waals surface area contributed by atoms with Gasteiger partial charge < -0.3 is 4.90 Å². The minimum absolute atomic E-state index is 0.000695. The molecule has 0 bridgehead atoms. The van der Waals surface area contributed by atoms with Crippen LogP contribution in [0.4, 0.5) is 23.5 Å². The van der Waals surface area contributed by atoms with Crippen LogP contribution >= 0.6 is 0 Å². The van der Waals surface area contributed by atoms with E-state index in [1.807, 2.05) is 0 Å². The molecule has 1 N–H and O–H groups in total. The van der Waals surface area contributed by atoms with Crippen LogP contribution in [-0.2, 0) is 16.4 Å². The topological polar surface area (TPSA) is 79.6 Å². The first-order valence-electron chi connectivity index (χ1n) is 9.44. The third-order valence-electron chi connectivity index (χ3n) is 5.68. The van der Waals surface area contributed by atoms with Crippen molar-refractivity contribution >= 4 is 23.4 Å². The van der Waals surface area contributed by atoms with E-state index in [4.69, 9.17) is 0 Å². The molecule has 1 spiro atoms. The Bertz CT molecular complexity index is 1190. The monoisotopic (exact) mass is 433 g/mol. The van der Waals surface area contributed by atoms with Crippen molar-refractivity contribution in [2.45, 2.75) is 24.2 Å². The molecule has 2 atom stereocenters. The zero-order valence-electron chi connectivity index (χ0n) is 15.9. The summed E-state index contributed by atoms with van der Waals surface area (Å²) in [5, 5.41) is 6.58. The van der Waals surface area contributed by atoms with Gasteiger partial charge >= 0.3 is 6.18 Å². The molecule has 1 aliphatic carbocycles. The van der Waals surface area contributed by atoms with Gasteiger partial charge in [0.1, 0.15) is 12.7 Å². The van der Waals surface area contributed by atoms with E-state index in [2.05, 4.69) is 15.4 Å². The Morgan fingerprint density at radius 1 is 1.26 bits per heavy atom. The summed E-state index contributed by atoms with van der Waals surface area (Å²) >= 11 is 0. The van der Waals surface area contributed by atoms with Crippen LogP contribution in [0.5, 0.6) is 0 Å². The van der Waals surface area contributed by atoms with Crippen molar-refractivity contribution in [3.63, 3.8) is 0 Å². The van der Waals surface area contributed by atoms with Crippen LogP contribution in [0.25, 0.3) is 5.65 Å². The van der Waals surface area contributed by atoms with Crippen LogP contribution in [-0.4, -0.2) is 50.6 Å². The van der Waals surface area contributed by atoms with Crippen molar-refractivity contribution in [3.8, 4) is 0 Å². The number of alkyl halides is 4. The van der Waals surface area contributed by atoms with Gasteiger partial charge in [-0.15, -0.1) is 5.10 Å². The van der Waals surface area contributed by atoms with Gasteiger partial charge in [-0.2, -0.15) is 18.2 Å². The summed E-state index contributed by atoms with van der Waals surface area (Å²) in [4.78, 5) is 30.6. The van der Waals surface area contributed by atoms with Crippen LogP contribution in [0.3, 0.4) is 0 Å². The summed E-state index contributed by atoms with van der Waals surface area (Å²) in [5.74, 6) is -1.17. The smallest absolute Gasteiger partial charge is 0.328 e. The number of benzene rings is 1. The highest BCUT2D eigenvalue weighted by Crippen LogP contribution is 2.55. The number of fused-ring (bicyclic) bond motifs is 3. The zero-order valence-corrected chi connectivity index (χ0v) is 15.9. The summed E-state index contributed by atoms with van der Waals surface area (Å²) in [6.45, 7) is -0.573. The molecule has 2 aromatic heterocycles. The normalized spacial score (nSPS) is 22.6. The van der Waals surface area contributed by atoms with Crippen molar-refractivity contribution in [2.24, 2.45) is 0 Å². The molecule has 1 aromatic carbocycles. The van der Waals surface area contributed by atoms with Crippen molar-refractivity contribution in [3.05, 3.63) is 59.3 Å². The van der Waals surface area contributed by atoms with Crippen LogP contribution in [0, 0.1) is 0 Å². The third kappa shape index (κ3) is 3.20. The predicted molar refractivity (Wildman–Crippen MR) is 100 cm³/mol. The van der Waals surface area contributed by atoms with Crippen molar-refractivity contribution in [1.82, 2.24) is 19.5 Å². The number of aromatic nitrogens is 3. The average molecular weight is 433 g/mol. The fraction of sp³-hybridized carbons (Fsp3) is 0.300. The van der Waals surface area contributed by atoms with Crippen LogP contribution in [0.15, 0.2) is 42.6 Å². The molecule has 11 heteroatoms. The Balaban J connectivity index is 1.38. The quantitative estimate of drug-likeness (QED) is 0.645. The SMILES string of the molecule is O=C(CN1C[C@]2(C[C@H]2F)c2cc(C(F)(F)F)ccc2C1=O)Nc1nc2ccccn2n1. The molecule has 3 aromatic rings. The van der Waals surface area contributed by atoms with Crippen LogP contribution < -0.4 is 5.32 Å². The number of nitrogens with one attached hydrogen (secondary N) is 1. The molecule has 0 radical (unpaired) electrons. The standard InChI is InChI=1S/C20H15F4N5O2/c21-14-8-19(14)10-28(17(31)12-5-4-11(7-13(12)19)20(22,23)24)9-16(30)26-18-25-15-3-1-2-6-29(15)27-18/h1-7,14H,8-10H2,(H,26,27,30)/t14-,19-/m1/s1. The number of hydrogen-bond acceptors (Lipinski definition) is 4. The number of anilines is 1. The lowest BCUT2D eigenvalue weighted by Crippen LogP contribution is -2.47. The van der Waals surface area contributed by atoms with E-state index in [0.29, 0.717) is 5.65 Å². The van der Waals surface area contributed by atoms with Crippen LogP contribution in [0.1, 0.15) is 27.9 Å². The molecule has 7 nitrogen and oxygen atoms in total. The van der Waals surface area contributed by atoms with Gasteiger partial charge in [-0.3, -0.25) is 14.9 Å². The lowest BCUT2D eigenvalue weighted by molar-refractivity contribution is -0.137. The Hall–Kier alpha value is -3.50. The maximum atomic E-state index is 14.3. The van der Waals surface area contributed by atoms with E-state index < -0.39 is 41.7 Å². The first-order valence-corrected chi connectivity index (χ1v) is 9.44. The molecular weight excluding hydrogens is 418 g/mol. The van der Waals surface area contributed by atoms with Crippen molar-refractivity contribution in [2.75, 3.05) is 18.4 Å². The minimum atomic E-state index is -4.60. The largest absolute Gasteiger partial charge is 0.416 e. The molecule has 0 saturated heterocycles. The summed E-state index contributed by atoms with van der Waals surface area (Å²) < 4.78 is 55.1.